The Balaban J connectivity index is 2.03. The van der Waals surface area contributed by atoms with E-state index in [2.05, 4.69) is 18.2 Å². The molecule has 14 heavy (non-hydrogen) atoms. The summed E-state index contributed by atoms with van der Waals surface area (Å²) in [6, 6.07) is 8.75. The van der Waals surface area contributed by atoms with Gasteiger partial charge in [0.15, 0.2) is 0 Å². The largest absolute Gasteiger partial charge is 0.192 e. The third kappa shape index (κ3) is 1.32. The summed E-state index contributed by atoms with van der Waals surface area (Å²) in [6.07, 6.45) is 5.25. The normalized spacial score (nSPS) is 20.5. The van der Waals surface area contributed by atoms with Gasteiger partial charge in [0.2, 0.25) is 0 Å². The highest BCUT2D eigenvalue weighted by molar-refractivity contribution is 5.45. The quantitative estimate of drug-likeness (QED) is 0.690. The molecule has 1 heteroatoms. The lowest BCUT2D eigenvalue weighted by molar-refractivity contribution is 1.06. The highest BCUT2D eigenvalue weighted by Gasteiger charge is 2.29. The predicted molar refractivity (Wildman–Crippen MR) is 55.1 cm³/mol. The van der Waals surface area contributed by atoms with Crippen LogP contribution in [-0.4, -0.2) is 0 Å². The minimum atomic E-state index is 0.698. The van der Waals surface area contributed by atoms with Gasteiger partial charge in [0.1, 0.15) is 0 Å². The van der Waals surface area contributed by atoms with E-state index in [1.807, 2.05) is 6.07 Å². The second-order valence-electron chi connectivity index (χ2n) is 4.51. The van der Waals surface area contributed by atoms with E-state index in [-0.39, 0.29) is 0 Å². The van der Waals surface area contributed by atoms with E-state index < -0.39 is 0 Å². The van der Waals surface area contributed by atoms with E-state index in [1.165, 1.54) is 36.8 Å². The summed E-state index contributed by atoms with van der Waals surface area (Å²) in [6.45, 7) is 0. The van der Waals surface area contributed by atoms with Gasteiger partial charge in [-0.1, -0.05) is 12.1 Å². The van der Waals surface area contributed by atoms with Crippen molar-refractivity contribution < 1.29 is 0 Å². The fourth-order valence-electron chi connectivity index (χ4n) is 2.09. The van der Waals surface area contributed by atoms with Crippen molar-refractivity contribution in [1.82, 2.24) is 0 Å². The Morgan fingerprint density at radius 3 is 2.36 bits per heavy atom. The first-order chi connectivity index (χ1) is 6.88. The van der Waals surface area contributed by atoms with Crippen LogP contribution in [0.5, 0.6) is 0 Å². The molecular weight excluding hydrogens is 170 g/mol. The Labute approximate surface area is 84.4 Å². The van der Waals surface area contributed by atoms with Crippen LogP contribution >= 0.6 is 0 Å². The van der Waals surface area contributed by atoms with Crippen LogP contribution in [0.15, 0.2) is 18.2 Å². The lowest BCUT2D eigenvalue weighted by atomic mass is 9.99. The van der Waals surface area contributed by atoms with Crippen molar-refractivity contribution in [2.75, 3.05) is 0 Å². The molecule has 2 aliphatic rings. The van der Waals surface area contributed by atoms with Crippen LogP contribution in [0, 0.1) is 11.3 Å². The average molecular weight is 183 g/mol. The van der Waals surface area contributed by atoms with Crippen LogP contribution < -0.4 is 0 Å². The molecule has 0 spiro atoms. The zero-order valence-electron chi connectivity index (χ0n) is 8.16. The standard InChI is InChI=1S/C13H13N/c14-8-12-6-5-11(9-1-2-9)7-13(12)10-3-4-10/h5-7,9-10H,1-4H2. The molecule has 2 saturated carbocycles. The molecule has 1 aromatic carbocycles. The number of hydrogen-bond acceptors (Lipinski definition) is 1. The van der Waals surface area contributed by atoms with Crippen LogP contribution in [0.2, 0.25) is 0 Å². The first-order valence-electron chi connectivity index (χ1n) is 5.42. The maximum atomic E-state index is 8.99. The van der Waals surface area contributed by atoms with Gasteiger partial charge >= 0.3 is 0 Å². The molecule has 70 valence electrons. The van der Waals surface area contributed by atoms with Crippen LogP contribution in [0.4, 0.5) is 0 Å². The number of hydrogen-bond donors (Lipinski definition) is 0. The van der Waals surface area contributed by atoms with Gasteiger partial charge in [-0.05, 0) is 54.7 Å². The van der Waals surface area contributed by atoms with Crippen molar-refractivity contribution in [3.63, 3.8) is 0 Å². The molecule has 0 amide bonds. The van der Waals surface area contributed by atoms with Crippen molar-refractivity contribution in [3.8, 4) is 6.07 Å². The maximum Gasteiger partial charge on any atom is 0.0994 e. The van der Waals surface area contributed by atoms with Crippen molar-refractivity contribution in [3.05, 3.63) is 34.9 Å². The molecule has 2 fully saturated rings. The molecule has 2 aliphatic carbocycles. The molecule has 0 unspecified atom stereocenters. The van der Waals surface area contributed by atoms with Gasteiger partial charge in [-0.3, -0.25) is 0 Å². The monoisotopic (exact) mass is 183 g/mol. The van der Waals surface area contributed by atoms with Gasteiger partial charge in [0.25, 0.3) is 0 Å². The average Bonchev–Trinajstić information content (AvgIpc) is 3.05. The summed E-state index contributed by atoms with van der Waals surface area (Å²) in [5, 5.41) is 8.99. The minimum absolute atomic E-state index is 0.698. The fraction of sp³-hybridized carbons (Fsp3) is 0.462. The summed E-state index contributed by atoms with van der Waals surface area (Å²) >= 11 is 0. The highest BCUT2D eigenvalue weighted by Crippen LogP contribution is 2.45. The maximum absolute atomic E-state index is 8.99. The Morgan fingerprint density at radius 2 is 1.79 bits per heavy atom. The van der Waals surface area contributed by atoms with Crippen LogP contribution in [0.3, 0.4) is 0 Å². The van der Waals surface area contributed by atoms with Crippen LogP contribution in [0.25, 0.3) is 0 Å². The Kier molecular flexibility index (Phi) is 1.64. The highest BCUT2D eigenvalue weighted by atomic mass is 14.3. The molecule has 3 rings (SSSR count). The van der Waals surface area contributed by atoms with Gasteiger partial charge in [0.05, 0.1) is 11.6 Å². The second-order valence-corrected chi connectivity index (χ2v) is 4.51. The third-order valence-corrected chi connectivity index (χ3v) is 3.26. The number of rotatable bonds is 2. The fourth-order valence-corrected chi connectivity index (χ4v) is 2.09. The summed E-state index contributed by atoms with van der Waals surface area (Å²) in [7, 11) is 0. The molecule has 1 nitrogen and oxygen atoms in total. The van der Waals surface area contributed by atoms with Crippen molar-refractivity contribution in [2.45, 2.75) is 37.5 Å². The van der Waals surface area contributed by atoms with Crippen molar-refractivity contribution in [2.24, 2.45) is 0 Å². The molecule has 0 heterocycles. The molecular formula is C13H13N. The summed E-state index contributed by atoms with van der Waals surface area (Å²) in [5.41, 5.74) is 3.68. The zero-order chi connectivity index (χ0) is 9.54. The molecule has 0 atom stereocenters. The molecule has 0 aromatic heterocycles. The second kappa shape index (κ2) is 2.85. The van der Waals surface area contributed by atoms with E-state index in [0.717, 1.165) is 11.5 Å². The van der Waals surface area contributed by atoms with Crippen LogP contribution in [-0.2, 0) is 0 Å². The summed E-state index contributed by atoms with van der Waals surface area (Å²) < 4.78 is 0. The van der Waals surface area contributed by atoms with Gasteiger partial charge < -0.3 is 0 Å². The van der Waals surface area contributed by atoms with E-state index in [4.69, 9.17) is 5.26 Å². The summed E-state index contributed by atoms with van der Waals surface area (Å²) in [5.74, 6) is 1.50. The first kappa shape index (κ1) is 8.05. The molecule has 0 radical (unpaired) electrons. The number of nitriles is 1. The van der Waals surface area contributed by atoms with E-state index in [1.54, 1.807) is 0 Å². The lowest BCUT2D eigenvalue weighted by Gasteiger charge is -2.04. The SMILES string of the molecule is N#Cc1ccc(C2CC2)cc1C1CC1. The zero-order valence-corrected chi connectivity index (χ0v) is 8.16. The van der Waals surface area contributed by atoms with Gasteiger partial charge in [-0.2, -0.15) is 5.26 Å². The Hall–Kier alpha value is -1.29. The van der Waals surface area contributed by atoms with E-state index >= 15 is 0 Å². The minimum Gasteiger partial charge on any atom is -0.192 e. The van der Waals surface area contributed by atoms with Gasteiger partial charge in [0, 0.05) is 0 Å². The van der Waals surface area contributed by atoms with E-state index in [9.17, 15) is 0 Å². The predicted octanol–water partition coefficient (Wildman–Crippen LogP) is 3.31. The molecule has 0 saturated heterocycles. The molecule has 1 aromatic rings. The molecule has 0 bridgehead atoms. The first-order valence-corrected chi connectivity index (χ1v) is 5.42. The van der Waals surface area contributed by atoms with E-state index in [0.29, 0.717) is 5.92 Å². The Bertz CT molecular complexity index is 406. The van der Waals surface area contributed by atoms with Crippen molar-refractivity contribution in [1.29, 1.82) is 5.26 Å². The Morgan fingerprint density at radius 1 is 1.07 bits per heavy atom. The van der Waals surface area contributed by atoms with Gasteiger partial charge in [-0.15, -0.1) is 0 Å². The molecule has 0 aliphatic heterocycles. The van der Waals surface area contributed by atoms with Crippen molar-refractivity contribution >= 4 is 0 Å². The third-order valence-electron chi connectivity index (χ3n) is 3.26. The topological polar surface area (TPSA) is 23.8 Å². The van der Waals surface area contributed by atoms with Crippen LogP contribution in [0.1, 0.15) is 54.2 Å². The number of benzene rings is 1. The van der Waals surface area contributed by atoms with Gasteiger partial charge in [-0.25, -0.2) is 0 Å². The molecule has 0 N–H and O–H groups in total. The summed E-state index contributed by atoms with van der Waals surface area (Å²) in [4.78, 5) is 0. The smallest absolute Gasteiger partial charge is 0.0994 e. The number of nitrogens with zero attached hydrogens (tertiary/aromatic N) is 1. The lowest BCUT2D eigenvalue weighted by Crippen LogP contribution is -1.89.